The van der Waals surface area contributed by atoms with E-state index < -0.39 is 0 Å². The van der Waals surface area contributed by atoms with Gasteiger partial charge in [-0.05, 0) is 37.1 Å². The van der Waals surface area contributed by atoms with Gasteiger partial charge >= 0.3 is 0 Å². The molecule has 38 heavy (non-hydrogen) atoms. The van der Waals surface area contributed by atoms with Gasteiger partial charge in [0, 0.05) is 34.9 Å². The zero-order valence-corrected chi connectivity index (χ0v) is 22.3. The maximum Gasteiger partial charge on any atom is 0.200 e. The van der Waals surface area contributed by atoms with Crippen molar-refractivity contribution in [2.24, 2.45) is 5.41 Å². The lowest BCUT2D eigenvalue weighted by molar-refractivity contribution is 0.0809. The molecule has 1 aliphatic carbocycles. The van der Waals surface area contributed by atoms with E-state index in [1.54, 1.807) is 11.0 Å². The maximum atomic E-state index is 12.8. The zero-order chi connectivity index (χ0) is 26.7. The van der Waals surface area contributed by atoms with Crippen molar-refractivity contribution >= 4 is 11.4 Å². The number of carbonyl (C=O) groups excluding carboxylic acids is 1. The Morgan fingerprint density at radius 3 is 2.50 bits per heavy atom. The average molecular weight is 505 g/mol. The molecule has 4 aromatic rings. The Labute approximate surface area is 223 Å². The Morgan fingerprint density at radius 1 is 0.947 bits per heavy atom. The van der Waals surface area contributed by atoms with E-state index >= 15 is 0 Å². The average Bonchev–Trinajstić information content (AvgIpc) is 3.47. The molecule has 0 fully saturated rings. The lowest BCUT2D eigenvalue weighted by Gasteiger charge is -2.28. The molecular weight excluding hydrogens is 472 g/mol. The second kappa shape index (κ2) is 10.5. The number of pyridine rings is 2. The van der Waals surface area contributed by atoms with Crippen LogP contribution in [0.4, 0.5) is 0 Å². The molecule has 0 radical (unpaired) electrons. The van der Waals surface area contributed by atoms with Crippen LogP contribution in [-0.4, -0.2) is 37.1 Å². The van der Waals surface area contributed by atoms with Crippen molar-refractivity contribution in [1.29, 1.82) is 0 Å². The molecule has 0 spiro atoms. The largest absolute Gasteiger partial charge is 0.387 e. The van der Waals surface area contributed by atoms with Crippen LogP contribution in [0.15, 0.2) is 79.3 Å². The number of hydrogen-bond acceptors (Lipinski definition) is 6. The Balaban J connectivity index is 0.00000144. The minimum atomic E-state index is -0.343. The Bertz CT molecular complexity index is 1530. The predicted molar refractivity (Wildman–Crippen MR) is 151 cm³/mol. The molecule has 0 saturated heterocycles. The van der Waals surface area contributed by atoms with Crippen molar-refractivity contribution in [3.63, 3.8) is 0 Å². The van der Waals surface area contributed by atoms with Gasteiger partial charge in [-0.2, -0.15) is 0 Å². The highest BCUT2D eigenvalue weighted by Crippen LogP contribution is 2.34. The van der Waals surface area contributed by atoms with Gasteiger partial charge in [0.25, 0.3) is 0 Å². The first-order valence-corrected chi connectivity index (χ1v) is 13.1. The lowest BCUT2D eigenvalue weighted by atomic mass is 9.75. The molecule has 1 aromatic carbocycles. The number of aryl methyl sites for hydroxylation is 1. The van der Waals surface area contributed by atoms with Crippen molar-refractivity contribution in [3.8, 4) is 28.5 Å². The first-order valence-electron chi connectivity index (χ1n) is 13.1. The number of dihydropyridines is 1. The number of nitrogens with one attached hydrogen (secondary N) is 1. The predicted octanol–water partition coefficient (Wildman–Crippen LogP) is 6.07. The third-order valence-corrected chi connectivity index (χ3v) is 6.77. The van der Waals surface area contributed by atoms with Crippen molar-refractivity contribution in [2.75, 3.05) is 6.54 Å². The smallest absolute Gasteiger partial charge is 0.200 e. The minimum absolute atomic E-state index is 0.152. The summed E-state index contributed by atoms with van der Waals surface area (Å²) in [6.45, 7) is 8.80. The number of Topliss-reactive ketones (excluding diaryl/α,β-unsaturated/α-hetero) is 1. The molecule has 4 heterocycles. The number of benzene rings is 1. The molecule has 0 atom stereocenters. The molecule has 0 amide bonds. The van der Waals surface area contributed by atoms with Crippen molar-refractivity contribution in [1.82, 2.24) is 30.0 Å². The van der Waals surface area contributed by atoms with E-state index in [1.807, 2.05) is 88.5 Å². The summed E-state index contributed by atoms with van der Waals surface area (Å²) in [6, 6.07) is 17.8. The van der Waals surface area contributed by atoms with E-state index in [2.05, 4.69) is 22.5 Å². The van der Waals surface area contributed by atoms with Gasteiger partial charge in [-0.1, -0.05) is 70.2 Å². The first-order chi connectivity index (χ1) is 18.5. The zero-order valence-electron chi connectivity index (χ0n) is 22.3. The maximum absolute atomic E-state index is 12.8. The van der Waals surface area contributed by atoms with E-state index in [1.165, 1.54) is 0 Å². The normalized spacial score (nSPS) is 15.6. The van der Waals surface area contributed by atoms with Crippen LogP contribution in [0.5, 0.6) is 0 Å². The molecule has 6 rings (SSSR count). The van der Waals surface area contributed by atoms with E-state index in [4.69, 9.17) is 15.1 Å². The van der Waals surface area contributed by atoms with Crippen LogP contribution in [0, 0.1) is 5.41 Å². The van der Waals surface area contributed by atoms with Crippen LogP contribution >= 0.6 is 0 Å². The number of fused-ring (bicyclic) bond motifs is 1. The molecule has 3 aromatic heterocycles. The van der Waals surface area contributed by atoms with Gasteiger partial charge in [-0.15, -0.1) is 5.10 Å². The van der Waals surface area contributed by atoms with Gasteiger partial charge in [0.2, 0.25) is 0 Å². The summed E-state index contributed by atoms with van der Waals surface area (Å²) in [5.74, 6) is 0.674. The number of rotatable bonds is 4. The molecular formula is C31H32N6O. The fourth-order valence-electron chi connectivity index (χ4n) is 4.62. The van der Waals surface area contributed by atoms with Gasteiger partial charge < -0.3 is 5.32 Å². The molecule has 0 bridgehead atoms. The van der Waals surface area contributed by atoms with Crippen LogP contribution in [0.3, 0.4) is 0 Å². The van der Waals surface area contributed by atoms with Crippen LogP contribution < -0.4 is 5.32 Å². The highest BCUT2D eigenvalue weighted by atomic mass is 16.1. The summed E-state index contributed by atoms with van der Waals surface area (Å²) < 4.78 is 1.75. The number of aromatic nitrogens is 5. The summed E-state index contributed by atoms with van der Waals surface area (Å²) >= 11 is 0. The van der Waals surface area contributed by atoms with E-state index in [0.717, 1.165) is 53.3 Å². The quantitative estimate of drug-likeness (QED) is 0.363. The summed E-state index contributed by atoms with van der Waals surface area (Å²) in [5.41, 5.74) is 6.45. The second-order valence-electron chi connectivity index (χ2n) is 9.79. The summed E-state index contributed by atoms with van der Waals surface area (Å²) in [6.07, 6.45) is 9.39. The van der Waals surface area contributed by atoms with Crippen LogP contribution in [0.25, 0.3) is 34.0 Å². The third-order valence-electron chi connectivity index (χ3n) is 6.77. The molecule has 1 aliphatic heterocycles. The summed E-state index contributed by atoms with van der Waals surface area (Å²) in [7, 11) is 0. The van der Waals surface area contributed by atoms with Gasteiger partial charge in [-0.25, -0.2) is 19.6 Å². The van der Waals surface area contributed by atoms with Crippen LogP contribution in [-0.2, 0) is 6.42 Å². The molecule has 192 valence electrons. The SMILES string of the molecule is CC.CC1(C)CCc2nc(-c3ncn(-c4cc(C5=CNCC=C5)nc(-c5ccccc5)c4)n3)ccc2C1=O. The molecule has 7 heteroatoms. The fourth-order valence-corrected chi connectivity index (χ4v) is 4.62. The third kappa shape index (κ3) is 4.92. The van der Waals surface area contributed by atoms with E-state index in [9.17, 15) is 4.79 Å². The number of allylic oxidation sites excluding steroid dienone is 2. The Morgan fingerprint density at radius 2 is 1.74 bits per heavy atom. The molecule has 1 N–H and O–H groups in total. The van der Waals surface area contributed by atoms with Crippen LogP contribution in [0.2, 0.25) is 0 Å². The highest BCUT2D eigenvalue weighted by Gasteiger charge is 2.35. The van der Waals surface area contributed by atoms with Crippen molar-refractivity contribution in [2.45, 2.75) is 40.5 Å². The Hall–Kier alpha value is -4.39. The second-order valence-corrected chi connectivity index (χ2v) is 9.79. The van der Waals surface area contributed by atoms with Crippen molar-refractivity contribution in [3.05, 3.63) is 96.2 Å². The molecule has 0 saturated carbocycles. The molecule has 2 aliphatic rings. The molecule has 7 nitrogen and oxygen atoms in total. The summed E-state index contributed by atoms with van der Waals surface area (Å²) in [5, 5.41) is 8.00. The summed E-state index contributed by atoms with van der Waals surface area (Å²) in [4.78, 5) is 27.0. The fraction of sp³-hybridized carbons (Fsp3) is 0.258. The number of carbonyl (C=O) groups is 1. The van der Waals surface area contributed by atoms with Gasteiger partial charge in [0.1, 0.15) is 12.0 Å². The number of nitrogens with zero attached hydrogens (tertiary/aromatic N) is 5. The van der Waals surface area contributed by atoms with Gasteiger partial charge in [0.15, 0.2) is 11.6 Å². The topological polar surface area (TPSA) is 85.6 Å². The Kier molecular flexibility index (Phi) is 7.01. The van der Waals surface area contributed by atoms with E-state index in [0.29, 0.717) is 17.1 Å². The van der Waals surface area contributed by atoms with Crippen molar-refractivity contribution < 1.29 is 4.79 Å². The monoisotopic (exact) mass is 504 g/mol. The number of hydrogen-bond donors (Lipinski definition) is 1. The minimum Gasteiger partial charge on any atom is -0.387 e. The van der Waals surface area contributed by atoms with Crippen LogP contribution in [0.1, 0.15) is 55.9 Å². The first kappa shape index (κ1) is 25.3. The number of ketones is 1. The van der Waals surface area contributed by atoms with E-state index in [-0.39, 0.29) is 11.2 Å². The highest BCUT2D eigenvalue weighted by molar-refractivity contribution is 6.02. The standard InChI is InChI=1S/C29H26N6O.C2H6/c1-29(2)13-12-23-22(27(29)36)10-11-24(32-23)28-31-18-35(34-28)21-15-25(19-7-4-3-5-8-19)33-26(16-21)20-9-6-14-30-17-20;1-2/h3-11,15-18,30H,12-14H2,1-2H3;1-2H3. The van der Waals surface area contributed by atoms with Gasteiger partial charge in [0.05, 0.1) is 22.8 Å². The van der Waals surface area contributed by atoms with Gasteiger partial charge in [-0.3, -0.25) is 4.79 Å². The molecule has 0 unspecified atom stereocenters. The lowest BCUT2D eigenvalue weighted by Crippen LogP contribution is -2.31.